The standard InChI is InChI=1S/C21H17N5OS/c1-26(16-4-2-13-11-23-25-20(13)10-16)17-6-15(7-18(27)9-17)24-14-3-5-19-21(8-14)28-12-22-19/h2-12,24,27H,1H3,(H,23,25). The number of phenolic OH excluding ortho intramolecular Hbond substituents is 1. The molecule has 7 heteroatoms. The Balaban J connectivity index is 1.47. The van der Waals surface area contributed by atoms with Crippen molar-refractivity contribution in [2.45, 2.75) is 0 Å². The van der Waals surface area contributed by atoms with E-state index in [2.05, 4.69) is 26.6 Å². The molecule has 6 nitrogen and oxygen atoms in total. The highest BCUT2D eigenvalue weighted by Gasteiger charge is 2.09. The van der Waals surface area contributed by atoms with E-state index in [0.29, 0.717) is 0 Å². The number of nitrogens with one attached hydrogen (secondary N) is 2. The maximum atomic E-state index is 10.3. The minimum atomic E-state index is 0.202. The topological polar surface area (TPSA) is 77.1 Å². The van der Waals surface area contributed by atoms with Gasteiger partial charge in [0.05, 0.1) is 27.4 Å². The van der Waals surface area contributed by atoms with Crippen molar-refractivity contribution in [2.24, 2.45) is 0 Å². The average Bonchev–Trinajstić information content (AvgIpc) is 3.35. The van der Waals surface area contributed by atoms with Gasteiger partial charge in [-0.1, -0.05) is 0 Å². The molecule has 3 aromatic carbocycles. The highest BCUT2D eigenvalue weighted by Crippen LogP contribution is 2.33. The van der Waals surface area contributed by atoms with Crippen LogP contribution < -0.4 is 10.2 Å². The van der Waals surface area contributed by atoms with E-state index in [4.69, 9.17) is 0 Å². The van der Waals surface area contributed by atoms with Gasteiger partial charge in [0.25, 0.3) is 0 Å². The molecule has 0 aliphatic rings. The summed E-state index contributed by atoms with van der Waals surface area (Å²) in [6, 6.07) is 17.6. The first-order chi connectivity index (χ1) is 13.7. The number of aromatic nitrogens is 3. The van der Waals surface area contributed by atoms with Gasteiger partial charge in [0.1, 0.15) is 5.75 Å². The van der Waals surface area contributed by atoms with E-state index in [1.165, 1.54) is 0 Å². The zero-order valence-corrected chi connectivity index (χ0v) is 15.9. The fourth-order valence-corrected chi connectivity index (χ4v) is 3.96. The van der Waals surface area contributed by atoms with Crippen molar-refractivity contribution in [1.82, 2.24) is 15.2 Å². The molecule has 0 saturated carbocycles. The SMILES string of the molecule is CN(c1cc(O)cc(Nc2ccc3ncsc3c2)c1)c1ccc2cn[nH]c2c1. The molecule has 0 aliphatic heterocycles. The predicted molar refractivity (Wildman–Crippen MR) is 115 cm³/mol. The summed E-state index contributed by atoms with van der Waals surface area (Å²) in [7, 11) is 1.97. The molecule has 2 aromatic heterocycles. The van der Waals surface area contributed by atoms with Gasteiger partial charge < -0.3 is 15.3 Å². The van der Waals surface area contributed by atoms with Crippen LogP contribution in [0.1, 0.15) is 0 Å². The molecule has 5 aromatic rings. The van der Waals surface area contributed by atoms with Gasteiger partial charge in [0.15, 0.2) is 0 Å². The van der Waals surface area contributed by atoms with E-state index in [-0.39, 0.29) is 5.75 Å². The van der Waals surface area contributed by atoms with Crippen molar-refractivity contribution in [3.63, 3.8) is 0 Å². The molecular weight excluding hydrogens is 370 g/mol. The second kappa shape index (κ2) is 6.54. The number of hydrogen-bond donors (Lipinski definition) is 3. The molecule has 0 amide bonds. The predicted octanol–water partition coefficient (Wildman–Crippen LogP) is 5.39. The lowest BCUT2D eigenvalue weighted by Crippen LogP contribution is -2.09. The second-order valence-electron chi connectivity index (χ2n) is 6.60. The lowest BCUT2D eigenvalue weighted by Gasteiger charge is -2.21. The van der Waals surface area contributed by atoms with Crippen LogP contribution in [0, 0.1) is 0 Å². The number of anilines is 4. The molecule has 2 heterocycles. The zero-order valence-electron chi connectivity index (χ0n) is 15.0. The minimum absolute atomic E-state index is 0.202. The van der Waals surface area contributed by atoms with Gasteiger partial charge in [-0.15, -0.1) is 11.3 Å². The van der Waals surface area contributed by atoms with E-state index < -0.39 is 0 Å². The zero-order chi connectivity index (χ0) is 19.1. The van der Waals surface area contributed by atoms with Gasteiger partial charge in [0.2, 0.25) is 0 Å². The third-order valence-electron chi connectivity index (χ3n) is 4.72. The summed E-state index contributed by atoms with van der Waals surface area (Å²) in [6.45, 7) is 0. The summed E-state index contributed by atoms with van der Waals surface area (Å²) >= 11 is 1.61. The molecule has 3 N–H and O–H groups in total. The number of aromatic amines is 1. The number of thiazole rings is 1. The van der Waals surface area contributed by atoms with Crippen LogP contribution in [0.3, 0.4) is 0 Å². The van der Waals surface area contributed by atoms with Gasteiger partial charge in [-0.05, 0) is 42.5 Å². The summed E-state index contributed by atoms with van der Waals surface area (Å²) in [4.78, 5) is 6.33. The Morgan fingerprint density at radius 3 is 2.86 bits per heavy atom. The maximum Gasteiger partial charge on any atom is 0.119 e. The Hall–Kier alpha value is -3.58. The van der Waals surface area contributed by atoms with E-state index in [1.807, 2.05) is 53.9 Å². The van der Waals surface area contributed by atoms with Crippen LogP contribution >= 0.6 is 11.3 Å². The highest BCUT2D eigenvalue weighted by atomic mass is 32.1. The molecular formula is C21H17N5OS. The van der Waals surface area contributed by atoms with Crippen LogP contribution in [0.2, 0.25) is 0 Å². The average molecular weight is 387 g/mol. The summed E-state index contributed by atoms with van der Waals surface area (Å²) in [5.74, 6) is 0.202. The number of hydrogen-bond acceptors (Lipinski definition) is 6. The molecule has 0 atom stereocenters. The molecule has 0 radical (unpaired) electrons. The Morgan fingerprint density at radius 2 is 1.93 bits per heavy atom. The van der Waals surface area contributed by atoms with Gasteiger partial charge in [-0.25, -0.2) is 4.98 Å². The molecule has 0 aliphatic carbocycles. The van der Waals surface area contributed by atoms with Crippen LogP contribution in [0.4, 0.5) is 22.7 Å². The normalized spacial score (nSPS) is 11.2. The van der Waals surface area contributed by atoms with Crippen LogP contribution in [0.25, 0.3) is 21.1 Å². The molecule has 5 rings (SSSR count). The van der Waals surface area contributed by atoms with Crippen LogP contribution in [0.15, 0.2) is 66.3 Å². The number of fused-ring (bicyclic) bond motifs is 2. The minimum Gasteiger partial charge on any atom is -0.508 e. The summed E-state index contributed by atoms with van der Waals surface area (Å²) in [5, 5.41) is 21.8. The van der Waals surface area contributed by atoms with E-state index in [1.54, 1.807) is 29.7 Å². The summed E-state index contributed by atoms with van der Waals surface area (Å²) < 4.78 is 1.12. The lowest BCUT2D eigenvalue weighted by molar-refractivity contribution is 0.476. The number of rotatable bonds is 4. The third kappa shape index (κ3) is 3.01. The van der Waals surface area contributed by atoms with Crippen molar-refractivity contribution in [2.75, 3.05) is 17.3 Å². The van der Waals surface area contributed by atoms with Crippen LogP contribution in [-0.2, 0) is 0 Å². The molecule has 0 saturated heterocycles. The van der Waals surface area contributed by atoms with E-state index in [0.717, 1.165) is 43.9 Å². The Morgan fingerprint density at radius 1 is 1.00 bits per heavy atom. The number of H-pyrrole nitrogens is 1. The van der Waals surface area contributed by atoms with E-state index in [9.17, 15) is 5.11 Å². The third-order valence-corrected chi connectivity index (χ3v) is 5.51. The molecule has 0 unspecified atom stereocenters. The molecule has 0 bridgehead atoms. The van der Waals surface area contributed by atoms with Gasteiger partial charge in [-0.2, -0.15) is 5.10 Å². The van der Waals surface area contributed by atoms with Crippen LogP contribution in [0.5, 0.6) is 5.75 Å². The fraction of sp³-hybridized carbons (Fsp3) is 0.0476. The number of aromatic hydroxyl groups is 1. The largest absolute Gasteiger partial charge is 0.508 e. The second-order valence-corrected chi connectivity index (χ2v) is 7.48. The van der Waals surface area contributed by atoms with Crippen molar-refractivity contribution < 1.29 is 5.11 Å². The molecule has 138 valence electrons. The Kier molecular flexibility index (Phi) is 3.87. The Bertz CT molecular complexity index is 1290. The number of phenols is 1. The van der Waals surface area contributed by atoms with Gasteiger partial charge in [-0.3, -0.25) is 5.10 Å². The summed E-state index contributed by atoms with van der Waals surface area (Å²) in [5.41, 5.74) is 7.44. The van der Waals surface area contributed by atoms with Gasteiger partial charge >= 0.3 is 0 Å². The maximum absolute atomic E-state index is 10.3. The smallest absolute Gasteiger partial charge is 0.119 e. The first-order valence-corrected chi connectivity index (χ1v) is 9.65. The van der Waals surface area contributed by atoms with Crippen molar-refractivity contribution in [3.8, 4) is 5.75 Å². The highest BCUT2D eigenvalue weighted by molar-refractivity contribution is 7.16. The first-order valence-electron chi connectivity index (χ1n) is 8.77. The fourth-order valence-electron chi connectivity index (χ4n) is 3.24. The van der Waals surface area contributed by atoms with Crippen molar-refractivity contribution >= 4 is 55.2 Å². The molecule has 0 spiro atoms. The molecule has 28 heavy (non-hydrogen) atoms. The van der Waals surface area contributed by atoms with Gasteiger partial charge in [0, 0.05) is 47.3 Å². The summed E-state index contributed by atoms with van der Waals surface area (Å²) in [6.07, 6.45) is 1.80. The van der Waals surface area contributed by atoms with Crippen LogP contribution in [-0.4, -0.2) is 27.3 Å². The number of nitrogens with zero attached hydrogens (tertiary/aromatic N) is 3. The first kappa shape index (κ1) is 16.6. The molecule has 0 fully saturated rings. The number of benzene rings is 3. The Labute approximate surface area is 165 Å². The van der Waals surface area contributed by atoms with E-state index >= 15 is 0 Å². The van der Waals surface area contributed by atoms with Crippen molar-refractivity contribution in [3.05, 3.63) is 66.3 Å². The van der Waals surface area contributed by atoms with Crippen molar-refractivity contribution in [1.29, 1.82) is 0 Å². The lowest BCUT2D eigenvalue weighted by atomic mass is 10.2. The quantitative estimate of drug-likeness (QED) is 0.385. The monoisotopic (exact) mass is 387 g/mol.